The number of amides is 2. The van der Waals surface area contributed by atoms with Crippen molar-refractivity contribution in [1.29, 1.82) is 0 Å². The second kappa shape index (κ2) is 16.0. The van der Waals surface area contributed by atoms with E-state index in [2.05, 4.69) is 10.6 Å². The fourth-order valence-corrected chi connectivity index (χ4v) is 3.35. The molecule has 0 heterocycles. The SMILES string of the molecule is O=C(O)CCOC(Cc1ccc(O)cc1)NC(=O)[C@@H](O)[C@H](O)C(=O)NC(Cc1ccc(O)cc1)OCCC(=O)O. The molecule has 0 aliphatic rings. The van der Waals surface area contributed by atoms with Crippen LogP contribution in [0.1, 0.15) is 24.0 Å². The number of carboxylic acids is 2. The first kappa shape index (κ1) is 32.0. The van der Waals surface area contributed by atoms with E-state index in [9.17, 15) is 39.6 Å². The van der Waals surface area contributed by atoms with E-state index in [0.29, 0.717) is 11.1 Å². The number of phenolic OH excluding ortho intramolecular Hbond substituents is 2. The van der Waals surface area contributed by atoms with Gasteiger partial charge in [-0.25, -0.2) is 0 Å². The maximum absolute atomic E-state index is 12.6. The van der Waals surface area contributed by atoms with Gasteiger partial charge in [-0.3, -0.25) is 19.2 Å². The summed E-state index contributed by atoms with van der Waals surface area (Å²) in [5.74, 6) is -4.68. The molecule has 0 fully saturated rings. The molecule has 0 aliphatic heterocycles. The van der Waals surface area contributed by atoms with Crippen LogP contribution in [-0.2, 0) is 41.5 Å². The van der Waals surface area contributed by atoms with Crippen LogP contribution in [0.3, 0.4) is 0 Å². The highest BCUT2D eigenvalue weighted by molar-refractivity contribution is 5.90. The van der Waals surface area contributed by atoms with Crippen molar-refractivity contribution in [1.82, 2.24) is 10.6 Å². The van der Waals surface area contributed by atoms with Crippen molar-refractivity contribution in [3.05, 3.63) is 59.7 Å². The van der Waals surface area contributed by atoms with Crippen LogP contribution in [0.2, 0.25) is 0 Å². The Bertz CT molecular complexity index is 1030. The number of hydrogen-bond donors (Lipinski definition) is 8. The van der Waals surface area contributed by atoms with Crippen molar-refractivity contribution < 1.29 is 59.3 Å². The molecule has 40 heavy (non-hydrogen) atoms. The third-order valence-corrected chi connectivity index (χ3v) is 5.43. The largest absolute Gasteiger partial charge is 0.508 e. The second-order valence-corrected chi connectivity index (χ2v) is 8.65. The van der Waals surface area contributed by atoms with Gasteiger partial charge in [0.05, 0.1) is 26.1 Å². The lowest BCUT2D eigenvalue weighted by Gasteiger charge is -2.25. The molecule has 2 amide bonds. The normalized spacial score (nSPS) is 13.9. The summed E-state index contributed by atoms with van der Waals surface area (Å²) >= 11 is 0. The van der Waals surface area contributed by atoms with Gasteiger partial charge in [0, 0.05) is 12.8 Å². The van der Waals surface area contributed by atoms with Crippen molar-refractivity contribution in [2.45, 2.75) is 50.3 Å². The minimum absolute atomic E-state index is 0.00339. The zero-order chi connectivity index (χ0) is 29.7. The van der Waals surface area contributed by atoms with Crippen molar-refractivity contribution in [3.63, 3.8) is 0 Å². The molecule has 2 rings (SSSR count). The first-order valence-corrected chi connectivity index (χ1v) is 12.1. The molecule has 4 atom stereocenters. The summed E-state index contributed by atoms with van der Waals surface area (Å²) in [6.45, 7) is -0.575. The predicted molar refractivity (Wildman–Crippen MR) is 136 cm³/mol. The standard InChI is InChI=1S/C26H32N2O12/c29-17-5-1-15(2-6-17)13-19(39-11-9-21(31)32)27-25(37)23(35)24(36)26(38)28-20(40-12-10-22(33)34)14-16-3-7-18(30)8-4-16/h1-8,19-20,23-24,29-30,35-36H,9-14H2,(H,27,37)(H,28,38)(H,31,32)(H,33,34)/t19?,20?,23-,24-/m0/s1. The third kappa shape index (κ3) is 11.7. The zero-order valence-corrected chi connectivity index (χ0v) is 21.3. The average Bonchev–Trinajstić information content (AvgIpc) is 2.89. The Labute approximate surface area is 228 Å². The number of aliphatic hydroxyl groups is 2. The van der Waals surface area contributed by atoms with Crippen LogP contribution in [0.5, 0.6) is 11.5 Å². The van der Waals surface area contributed by atoms with E-state index in [4.69, 9.17) is 19.7 Å². The Kier molecular flexibility index (Phi) is 12.8. The number of ether oxygens (including phenoxy) is 2. The zero-order valence-electron chi connectivity index (χ0n) is 21.3. The van der Waals surface area contributed by atoms with E-state index in [-0.39, 0.29) is 50.4 Å². The first-order chi connectivity index (χ1) is 18.9. The summed E-state index contributed by atoms with van der Waals surface area (Å²) in [6.07, 6.45) is -7.57. The van der Waals surface area contributed by atoms with Crippen LogP contribution in [0, 0.1) is 0 Å². The van der Waals surface area contributed by atoms with Crippen molar-refractivity contribution >= 4 is 23.8 Å². The summed E-state index contributed by atoms with van der Waals surface area (Å²) in [6, 6.07) is 11.7. The molecule has 14 heteroatoms. The Morgan fingerprint density at radius 3 is 1.25 bits per heavy atom. The predicted octanol–water partition coefficient (Wildman–Crippen LogP) is -0.528. The van der Waals surface area contributed by atoms with Gasteiger partial charge in [-0.2, -0.15) is 0 Å². The lowest BCUT2D eigenvalue weighted by atomic mass is 10.1. The Balaban J connectivity index is 2.04. The van der Waals surface area contributed by atoms with E-state index in [1.807, 2.05) is 0 Å². The minimum Gasteiger partial charge on any atom is -0.508 e. The van der Waals surface area contributed by atoms with Gasteiger partial charge in [0.1, 0.15) is 24.0 Å². The van der Waals surface area contributed by atoms with Gasteiger partial charge in [0.15, 0.2) is 12.2 Å². The highest BCUT2D eigenvalue weighted by atomic mass is 16.5. The molecule has 8 N–H and O–H groups in total. The lowest BCUT2D eigenvalue weighted by molar-refractivity contribution is -0.151. The summed E-state index contributed by atoms with van der Waals surface area (Å²) in [4.78, 5) is 46.9. The third-order valence-electron chi connectivity index (χ3n) is 5.43. The maximum Gasteiger partial charge on any atom is 0.305 e. The fraction of sp³-hybridized carbons (Fsp3) is 0.385. The lowest BCUT2D eigenvalue weighted by Crippen LogP contribution is -2.54. The van der Waals surface area contributed by atoms with E-state index in [1.54, 1.807) is 0 Å². The van der Waals surface area contributed by atoms with Crippen LogP contribution in [0.15, 0.2) is 48.5 Å². The Morgan fingerprint density at radius 2 is 0.950 bits per heavy atom. The molecule has 0 radical (unpaired) electrons. The molecule has 218 valence electrons. The number of carboxylic acid groups (broad SMARTS) is 2. The number of nitrogens with one attached hydrogen (secondary N) is 2. The molecular weight excluding hydrogens is 532 g/mol. The van der Waals surface area contributed by atoms with Gasteiger partial charge >= 0.3 is 11.9 Å². The molecule has 0 aliphatic carbocycles. The quantitative estimate of drug-likeness (QED) is 0.113. The number of aromatic hydroxyl groups is 2. The molecule has 2 aromatic carbocycles. The van der Waals surface area contributed by atoms with Crippen LogP contribution in [0.4, 0.5) is 0 Å². The van der Waals surface area contributed by atoms with Gasteiger partial charge in [-0.1, -0.05) is 24.3 Å². The molecular formula is C26H32N2O12. The van der Waals surface area contributed by atoms with Crippen LogP contribution < -0.4 is 10.6 Å². The monoisotopic (exact) mass is 564 g/mol. The molecule has 2 unspecified atom stereocenters. The number of aliphatic carboxylic acids is 2. The van der Waals surface area contributed by atoms with Gasteiger partial charge in [0.25, 0.3) is 11.8 Å². The van der Waals surface area contributed by atoms with E-state index < -0.39 is 48.4 Å². The fourth-order valence-electron chi connectivity index (χ4n) is 3.35. The van der Waals surface area contributed by atoms with Crippen molar-refractivity contribution in [2.24, 2.45) is 0 Å². The molecule has 0 bridgehead atoms. The van der Waals surface area contributed by atoms with E-state index in [1.165, 1.54) is 48.5 Å². The summed E-state index contributed by atoms with van der Waals surface area (Å²) in [5.41, 5.74) is 1.17. The van der Waals surface area contributed by atoms with E-state index in [0.717, 1.165) is 0 Å². The number of phenols is 2. The molecule has 0 saturated carbocycles. The summed E-state index contributed by atoms with van der Waals surface area (Å²) < 4.78 is 10.8. The number of rotatable bonds is 17. The molecule has 0 saturated heterocycles. The topological polar surface area (TPSA) is 232 Å². The van der Waals surface area contributed by atoms with Crippen LogP contribution >= 0.6 is 0 Å². The highest BCUT2D eigenvalue weighted by Crippen LogP contribution is 2.14. The number of aliphatic hydroxyl groups excluding tert-OH is 2. The molecule has 2 aromatic rings. The number of carbonyl (C=O) groups excluding carboxylic acids is 2. The van der Waals surface area contributed by atoms with Gasteiger partial charge in [0.2, 0.25) is 0 Å². The summed E-state index contributed by atoms with van der Waals surface area (Å²) in [5, 5.41) is 61.9. The smallest absolute Gasteiger partial charge is 0.305 e. The average molecular weight is 565 g/mol. The van der Waals surface area contributed by atoms with Gasteiger partial charge in [-0.15, -0.1) is 0 Å². The van der Waals surface area contributed by atoms with Crippen LogP contribution in [-0.4, -0.2) is 92.3 Å². The molecule has 14 nitrogen and oxygen atoms in total. The molecule has 0 aromatic heterocycles. The van der Waals surface area contributed by atoms with Gasteiger partial charge < -0.3 is 50.7 Å². The first-order valence-electron chi connectivity index (χ1n) is 12.1. The molecule has 0 spiro atoms. The number of benzene rings is 2. The van der Waals surface area contributed by atoms with Crippen molar-refractivity contribution in [3.8, 4) is 11.5 Å². The Hall–Kier alpha value is -4.24. The number of hydrogen-bond acceptors (Lipinski definition) is 10. The van der Waals surface area contributed by atoms with Gasteiger partial charge in [-0.05, 0) is 35.4 Å². The number of carbonyl (C=O) groups is 4. The minimum atomic E-state index is -2.27. The highest BCUT2D eigenvalue weighted by Gasteiger charge is 2.33. The van der Waals surface area contributed by atoms with Crippen molar-refractivity contribution in [2.75, 3.05) is 13.2 Å². The van der Waals surface area contributed by atoms with E-state index >= 15 is 0 Å². The maximum atomic E-state index is 12.6. The van der Waals surface area contributed by atoms with Crippen LogP contribution in [0.25, 0.3) is 0 Å². The summed E-state index contributed by atoms with van der Waals surface area (Å²) in [7, 11) is 0. The Morgan fingerprint density at radius 1 is 0.625 bits per heavy atom. The second-order valence-electron chi connectivity index (χ2n) is 8.65.